The summed E-state index contributed by atoms with van der Waals surface area (Å²) in [6.07, 6.45) is 3.22. The summed E-state index contributed by atoms with van der Waals surface area (Å²) < 4.78 is 0. The molecule has 0 fully saturated rings. The van der Waals surface area contributed by atoms with Gasteiger partial charge in [-0.15, -0.1) is 0 Å². The van der Waals surface area contributed by atoms with Crippen LogP contribution in [0.1, 0.15) is 10.4 Å². The SMILES string of the molecule is O=C(O)c1cccc2ccncc12. The maximum absolute atomic E-state index is 10.8. The first kappa shape index (κ1) is 7.73. The fraction of sp³-hybridized carbons (Fsp3) is 0. The van der Waals surface area contributed by atoms with Gasteiger partial charge in [0.1, 0.15) is 0 Å². The van der Waals surface area contributed by atoms with Gasteiger partial charge in [-0.25, -0.2) is 4.79 Å². The first-order valence-corrected chi connectivity index (χ1v) is 3.85. The van der Waals surface area contributed by atoms with E-state index < -0.39 is 5.97 Å². The lowest BCUT2D eigenvalue weighted by molar-refractivity contribution is 0.0699. The van der Waals surface area contributed by atoms with E-state index >= 15 is 0 Å². The van der Waals surface area contributed by atoms with Crippen molar-refractivity contribution in [2.75, 3.05) is 0 Å². The van der Waals surface area contributed by atoms with Gasteiger partial charge < -0.3 is 5.11 Å². The Morgan fingerprint density at radius 2 is 2.15 bits per heavy atom. The summed E-state index contributed by atoms with van der Waals surface area (Å²) in [5.41, 5.74) is 0.297. The second-order valence-electron chi connectivity index (χ2n) is 2.71. The van der Waals surface area contributed by atoms with Crippen molar-refractivity contribution in [1.29, 1.82) is 0 Å². The number of fused-ring (bicyclic) bond motifs is 1. The number of carboxylic acid groups (broad SMARTS) is 1. The number of hydrogen-bond acceptors (Lipinski definition) is 2. The fourth-order valence-electron chi connectivity index (χ4n) is 1.30. The van der Waals surface area contributed by atoms with Crippen LogP contribution >= 0.6 is 0 Å². The number of hydrogen-bond donors (Lipinski definition) is 1. The molecule has 0 saturated heterocycles. The summed E-state index contributed by atoms with van der Waals surface area (Å²) in [4.78, 5) is 14.7. The third-order valence-electron chi connectivity index (χ3n) is 1.91. The van der Waals surface area contributed by atoms with Crippen molar-refractivity contribution in [3.8, 4) is 0 Å². The topological polar surface area (TPSA) is 50.2 Å². The molecule has 0 unspecified atom stereocenters. The van der Waals surface area contributed by atoms with Crippen LogP contribution < -0.4 is 0 Å². The molecule has 2 aromatic rings. The number of aromatic nitrogens is 1. The summed E-state index contributed by atoms with van der Waals surface area (Å²) in [6.45, 7) is 0. The fourth-order valence-corrected chi connectivity index (χ4v) is 1.30. The maximum Gasteiger partial charge on any atom is 0.336 e. The van der Waals surface area contributed by atoms with E-state index in [0.717, 1.165) is 5.39 Å². The first-order valence-electron chi connectivity index (χ1n) is 3.85. The van der Waals surface area contributed by atoms with Crippen molar-refractivity contribution in [3.05, 3.63) is 42.2 Å². The van der Waals surface area contributed by atoms with Crippen molar-refractivity contribution in [2.24, 2.45) is 0 Å². The van der Waals surface area contributed by atoms with Crippen molar-refractivity contribution in [3.63, 3.8) is 0 Å². The molecule has 3 nitrogen and oxygen atoms in total. The van der Waals surface area contributed by atoms with Crippen molar-refractivity contribution in [1.82, 2.24) is 4.98 Å². The third kappa shape index (κ3) is 1.24. The summed E-state index contributed by atoms with van der Waals surface area (Å²) in [5.74, 6) is -0.918. The van der Waals surface area contributed by atoms with Gasteiger partial charge >= 0.3 is 5.97 Å². The van der Waals surface area contributed by atoms with Gasteiger partial charge in [-0.2, -0.15) is 0 Å². The Morgan fingerprint density at radius 3 is 2.92 bits per heavy atom. The molecule has 3 heteroatoms. The van der Waals surface area contributed by atoms with E-state index in [2.05, 4.69) is 4.98 Å². The van der Waals surface area contributed by atoms with E-state index in [4.69, 9.17) is 5.11 Å². The monoisotopic (exact) mass is 173 g/mol. The molecule has 64 valence electrons. The molecule has 1 N–H and O–H groups in total. The van der Waals surface area contributed by atoms with Crippen LogP contribution in [0.25, 0.3) is 10.8 Å². The molecule has 0 radical (unpaired) electrons. The van der Waals surface area contributed by atoms with Gasteiger partial charge in [0.25, 0.3) is 0 Å². The van der Waals surface area contributed by atoms with Crippen LogP contribution in [-0.4, -0.2) is 16.1 Å². The highest BCUT2D eigenvalue weighted by Crippen LogP contribution is 2.16. The molecule has 0 aliphatic heterocycles. The van der Waals surface area contributed by atoms with Crippen molar-refractivity contribution >= 4 is 16.7 Å². The van der Waals surface area contributed by atoms with Crippen LogP contribution in [0.4, 0.5) is 0 Å². The molecule has 13 heavy (non-hydrogen) atoms. The molecule has 0 saturated carbocycles. The highest BCUT2D eigenvalue weighted by atomic mass is 16.4. The van der Waals surface area contributed by atoms with Crippen LogP contribution in [0.15, 0.2) is 36.7 Å². The number of pyridine rings is 1. The zero-order valence-corrected chi connectivity index (χ0v) is 6.77. The van der Waals surface area contributed by atoms with Crippen LogP contribution in [0.5, 0.6) is 0 Å². The quantitative estimate of drug-likeness (QED) is 0.716. The number of rotatable bonds is 1. The molecule has 1 aromatic heterocycles. The molecular weight excluding hydrogens is 166 g/mol. The zero-order chi connectivity index (χ0) is 9.26. The van der Waals surface area contributed by atoms with Gasteiger partial charge in [-0.3, -0.25) is 4.98 Å². The smallest absolute Gasteiger partial charge is 0.336 e. The van der Waals surface area contributed by atoms with Crippen molar-refractivity contribution in [2.45, 2.75) is 0 Å². The standard InChI is InChI=1S/C10H7NO2/c12-10(13)8-3-1-2-7-4-5-11-6-9(7)8/h1-6H,(H,12,13). The lowest BCUT2D eigenvalue weighted by Crippen LogP contribution is -1.96. The Kier molecular flexibility index (Phi) is 1.70. The number of carbonyl (C=O) groups is 1. The minimum atomic E-state index is -0.918. The highest BCUT2D eigenvalue weighted by Gasteiger charge is 2.06. The molecule has 0 aliphatic carbocycles. The van der Waals surface area contributed by atoms with E-state index in [-0.39, 0.29) is 0 Å². The minimum Gasteiger partial charge on any atom is -0.478 e. The Morgan fingerprint density at radius 1 is 1.31 bits per heavy atom. The van der Waals surface area contributed by atoms with Crippen LogP contribution in [0.2, 0.25) is 0 Å². The number of aromatic carboxylic acids is 1. The second kappa shape index (κ2) is 2.86. The van der Waals surface area contributed by atoms with Crippen LogP contribution in [0.3, 0.4) is 0 Å². The summed E-state index contributed by atoms with van der Waals surface area (Å²) in [6, 6.07) is 6.96. The second-order valence-corrected chi connectivity index (χ2v) is 2.71. The third-order valence-corrected chi connectivity index (χ3v) is 1.91. The lowest BCUT2D eigenvalue weighted by Gasteiger charge is -1.99. The van der Waals surface area contributed by atoms with Gasteiger partial charge in [-0.05, 0) is 17.5 Å². The van der Waals surface area contributed by atoms with Crippen molar-refractivity contribution < 1.29 is 9.90 Å². The van der Waals surface area contributed by atoms with E-state index in [9.17, 15) is 4.79 Å². The van der Waals surface area contributed by atoms with Crippen LogP contribution in [-0.2, 0) is 0 Å². The molecule has 1 heterocycles. The molecule has 2 rings (SSSR count). The number of carboxylic acids is 1. The summed E-state index contributed by atoms with van der Waals surface area (Å²) in [7, 11) is 0. The summed E-state index contributed by atoms with van der Waals surface area (Å²) in [5, 5.41) is 10.4. The lowest BCUT2D eigenvalue weighted by atomic mass is 10.1. The van der Waals surface area contributed by atoms with Gasteiger partial charge in [0.2, 0.25) is 0 Å². The predicted molar refractivity (Wildman–Crippen MR) is 48.7 cm³/mol. The molecule has 0 amide bonds. The molecule has 0 atom stereocenters. The van der Waals surface area contributed by atoms with E-state index in [1.165, 1.54) is 0 Å². The normalized spacial score (nSPS) is 10.2. The maximum atomic E-state index is 10.8. The highest BCUT2D eigenvalue weighted by molar-refractivity contribution is 6.03. The average Bonchev–Trinajstić information content (AvgIpc) is 2.17. The van der Waals surface area contributed by atoms with E-state index in [1.807, 2.05) is 6.07 Å². The molecule has 0 aliphatic rings. The number of nitrogens with zero attached hydrogens (tertiary/aromatic N) is 1. The summed E-state index contributed by atoms with van der Waals surface area (Å²) >= 11 is 0. The van der Waals surface area contributed by atoms with Gasteiger partial charge in [0, 0.05) is 17.8 Å². The molecular formula is C10H7NO2. The molecule has 0 spiro atoms. The van der Waals surface area contributed by atoms with Crippen LogP contribution in [0, 0.1) is 0 Å². The van der Waals surface area contributed by atoms with Gasteiger partial charge in [-0.1, -0.05) is 12.1 Å². The van der Waals surface area contributed by atoms with E-state index in [0.29, 0.717) is 10.9 Å². The number of benzene rings is 1. The Bertz CT molecular complexity index is 460. The zero-order valence-electron chi connectivity index (χ0n) is 6.77. The Balaban J connectivity index is 2.83. The largest absolute Gasteiger partial charge is 0.478 e. The predicted octanol–water partition coefficient (Wildman–Crippen LogP) is 1.93. The Hall–Kier alpha value is -1.90. The Labute approximate surface area is 74.7 Å². The minimum absolute atomic E-state index is 0.297. The van der Waals surface area contributed by atoms with E-state index in [1.54, 1.807) is 30.6 Å². The van der Waals surface area contributed by atoms with Gasteiger partial charge in [0.15, 0.2) is 0 Å². The molecule has 0 bridgehead atoms. The van der Waals surface area contributed by atoms with Gasteiger partial charge in [0.05, 0.1) is 5.56 Å². The average molecular weight is 173 g/mol. The first-order chi connectivity index (χ1) is 6.29. The molecule has 1 aromatic carbocycles.